The van der Waals surface area contributed by atoms with Gasteiger partial charge < -0.3 is 4.43 Å². The van der Waals surface area contributed by atoms with Gasteiger partial charge in [0.15, 0.2) is 9.76 Å². The van der Waals surface area contributed by atoms with Crippen LogP contribution in [0.25, 0.3) is 0 Å². The average Bonchev–Trinajstić information content (AvgIpc) is 1.66. The predicted octanol–water partition coefficient (Wildman–Crippen LogP) is 1.18. The molecule has 0 bridgehead atoms. The van der Waals surface area contributed by atoms with Crippen molar-refractivity contribution in [1.82, 2.24) is 0 Å². The third kappa shape index (κ3) is 6.18. The Hall–Kier alpha value is 0.177. The van der Waals surface area contributed by atoms with Gasteiger partial charge in [-0.2, -0.15) is 0 Å². The Morgan fingerprint density at radius 3 is 2.50 bits per heavy atom. The largest absolute Gasteiger partial charge is 0.424 e. The van der Waals surface area contributed by atoms with Crippen LogP contribution in [0.4, 0.5) is 0 Å². The lowest BCUT2D eigenvalue weighted by atomic mass is 10.2. The molecule has 0 aliphatic carbocycles. The standard InChI is InChI=1S/C6H16OSi/c1-4-8-7-5-6(2)3/h6H,4-5,8H2,1-3H3. The number of rotatable bonds is 4. The minimum Gasteiger partial charge on any atom is -0.424 e. The molecule has 0 N–H and O–H groups in total. The summed E-state index contributed by atoms with van der Waals surface area (Å²) in [6.07, 6.45) is 0. The molecule has 0 atom stereocenters. The van der Waals surface area contributed by atoms with Gasteiger partial charge in [0, 0.05) is 6.61 Å². The molecule has 0 saturated heterocycles. The molecule has 50 valence electrons. The molecule has 0 fully saturated rings. The first-order valence-electron chi connectivity index (χ1n) is 3.35. The SMILES string of the molecule is CC[SiH2]OCC(C)C. The maximum atomic E-state index is 5.38. The van der Waals surface area contributed by atoms with Crippen molar-refractivity contribution >= 4 is 9.76 Å². The lowest BCUT2D eigenvalue weighted by molar-refractivity contribution is 0.284. The fourth-order valence-corrected chi connectivity index (χ4v) is 1.39. The van der Waals surface area contributed by atoms with Crippen molar-refractivity contribution in [3.63, 3.8) is 0 Å². The molecule has 0 saturated carbocycles. The lowest BCUT2D eigenvalue weighted by Crippen LogP contribution is -2.04. The Bertz CT molecular complexity index is 45.8. The van der Waals surface area contributed by atoms with Gasteiger partial charge in [0.05, 0.1) is 0 Å². The summed E-state index contributed by atoms with van der Waals surface area (Å²) in [5, 5.41) is 0. The summed E-state index contributed by atoms with van der Waals surface area (Å²) < 4.78 is 5.38. The van der Waals surface area contributed by atoms with Gasteiger partial charge in [-0.15, -0.1) is 0 Å². The van der Waals surface area contributed by atoms with Crippen molar-refractivity contribution in [3.05, 3.63) is 0 Å². The van der Waals surface area contributed by atoms with Crippen LogP contribution in [-0.4, -0.2) is 16.4 Å². The molecule has 0 unspecified atom stereocenters. The van der Waals surface area contributed by atoms with E-state index in [1.54, 1.807) is 0 Å². The molecule has 0 aliphatic heterocycles. The van der Waals surface area contributed by atoms with Crippen LogP contribution < -0.4 is 0 Å². The van der Waals surface area contributed by atoms with Crippen LogP contribution in [0.15, 0.2) is 0 Å². The Labute approximate surface area is 54.4 Å². The van der Waals surface area contributed by atoms with E-state index in [1.807, 2.05) is 0 Å². The fraction of sp³-hybridized carbons (Fsp3) is 1.00. The molecular weight excluding hydrogens is 116 g/mol. The summed E-state index contributed by atoms with van der Waals surface area (Å²) in [7, 11) is -0.121. The van der Waals surface area contributed by atoms with Crippen molar-refractivity contribution in [3.8, 4) is 0 Å². The zero-order valence-electron chi connectivity index (χ0n) is 6.11. The molecule has 0 aromatic heterocycles. The molecule has 0 amide bonds. The topological polar surface area (TPSA) is 9.23 Å². The van der Waals surface area contributed by atoms with E-state index in [1.165, 1.54) is 6.04 Å². The third-order valence-electron chi connectivity index (χ3n) is 0.800. The Kier molecular flexibility index (Phi) is 5.43. The van der Waals surface area contributed by atoms with Crippen molar-refractivity contribution < 1.29 is 4.43 Å². The van der Waals surface area contributed by atoms with E-state index in [4.69, 9.17) is 4.43 Å². The van der Waals surface area contributed by atoms with Crippen molar-refractivity contribution in [2.75, 3.05) is 6.61 Å². The first-order valence-corrected chi connectivity index (χ1v) is 4.92. The molecule has 0 spiro atoms. The highest BCUT2D eigenvalue weighted by Gasteiger charge is 1.90. The van der Waals surface area contributed by atoms with E-state index in [0.29, 0.717) is 5.92 Å². The second kappa shape index (κ2) is 5.32. The van der Waals surface area contributed by atoms with E-state index < -0.39 is 0 Å². The third-order valence-corrected chi connectivity index (χ3v) is 1.73. The predicted molar refractivity (Wildman–Crippen MR) is 39.8 cm³/mol. The van der Waals surface area contributed by atoms with E-state index in [-0.39, 0.29) is 9.76 Å². The first kappa shape index (κ1) is 8.18. The highest BCUT2D eigenvalue weighted by atomic mass is 28.2. The van der Waals surface area contributed by atoms with Gasteiger partial charge in [-0.1, -0.05) is 20.8 Å². The molecule has 0 radical (unpaired) electrons. The molecule has 2 heteroatoms. The van der Waals surface area contributed by atoms with Gasteiger partial charge in [-0.25, -0.2) is 0 Å². The second-order valence-corrected chi connectivity index (χ2v) is 4.29. The summed E-state index contributed by atoms with van der Waals surface area (Å²) in [6, 6.07) is 1.27. The quantitative estimate of drug-likeness (QED) is 0.412. The zero-order chi connectivity index (χ0) is 6.41. The van der Waals surface area contributed by atoms with Crippen molar-refractivity contribution in [2.45, 2.75) is 26.8 Å². The molecule has 0 aromatic carbocycles. The summed E-state index contributed by atoms with van der Waals surface area (Å²) in [6.45, 7) is 7.53. The number of hydrogen-bond acceptors (Lipinski definition) is 1. The van der Waals surface area contributed by atoms with Crippen LogP contribution >= 0.6 is 0 Å². The molecule has 0 rings (SSSR count). The average molecular weight is 132 g/mol. The summed E-state index contributed by atoms with van der Waals surface area (Å²) in [5.74, 6) is 0.717. The van der Waals surface area contributed by atoms with Gasteiger partial charge in [0.2, 0.25) is 0 Å². The fourth-order valence-electron chi connectivity index (χ4n) is 0.463. The van der Waals surface area contributed by atoms with E-state index in [0.717, 1.165) is 6.61 Å². The van der Waals surface area contributed by atoms with Gasteiger partial charge in [0.1, 0.15) is 0 Å². The molecular formula is C6H16OSi. The summed E-state index contributed by atoms with van der Waals surface area (Å²) in [5.41, 5.74) is 0. The molecule has 1 nitrogen and oxygen atoms in total. The van der Waals surface area contributed by atoms with Gasteiger partial charge >= 0.3 is 0 Å². The van der Waals surface area contributed by atoms with Crippen LogP contribution in [0.1, 0.15) is 20.8 Å². The van der Waals surface area contributed by atoms with Crippen LogP contribution in [-0.2, 0) is 4.43 Å². The molecule has 8 heavy (non-hydrogen) atoms. The summed E-state index contributed by atoms with van der Waals surface area (Å²) >= 11 is 0. The van der Waals surface area contributed by atoms with Crippen LogP contribution in [0.3, 0.4) is 0 Å². The van der Waals surface area contributed by atoms with Crippen LogP contribution in [0, 0.1) is 5.92 Å². The first-order chi connectivity index (χ1) is 3.77. The monoisotopic (exact) mass is 132 g/mol. The highest BCUT2D eigenvalue weighted by Crippen LogP contribution is 1.91. The Morgan fingerprint density at radius 2 is 2.12 bits per heavy atom. The minimum atomic E-state index is -0.121. The van der Waals surface area contributed by atoms with Gasteiger partial charge in [0.25, 0.3) is 0 Å². The smallest absolute Gasteiger partial charge is 0.161 e. The zero-order valence-corrected chi connectivity index (χ0v) is 7.52. The molecule has 0 heterocycles. The maximum absolute atomic E-state index is 5.38. The minimum absolute atomic E-state index is 0.121. The molecule has 0 aliphatic rings. The summed E-state index contributed by atoms with van der Waals surface area (Å²) in [4.78, 5) is 0. The normalized spacial score (nSPS) is 12.0. The number of hydrogen-bond donors (Lipinski definition) is 0. The van der Waals surface area contributed by atoms with Crippen LogP contribution in [0.2, 0.25) is 6.04 Å². The Balaban J connectivity index is 2.72. The molecule has 0 aromatic rings. The second-order valence-electron chi connectivity index (χ2n) is 2.47. The maximum Gasteiger partial charge on any atom is 0.161 e. The lowest BCUT2D eigenvalue weighted by Gasteiger charge is -2.03. The van der Waals surface area contributed by atoms with Gasteiger partial charge in [-0.3, -0.25) is 0 Å². The van der Waals surface area contributed by atoms with Crippen molar-refractivity contribution in [1.29, 1.82) is 0 Å². The highest BCUT2D eigenvalue weighted by molar-refractivity contribution is 6.26. The van der Waals surface area contributed by atoms with Gasteiger partial charge in [-0.05, 0) is 12.0 Å². The van der Waals surface area contributed by atoms with E-state index >= 15 is 0 Å². The van der Waals surface area contributed by atoms with E-state index in [2.05, 4.69) is 20.8 Å². The van der Waals surface area contributed by atoms with Crippen molar-refractivity contribution in [2.24, 2.45) is 5.92 Å². The Morgan fingerprint density at radius 1 is 1.50 bits per heavy atom. The van der Waals surface area contributed by atoms with E-state index in [9.17, 15) is 0 Å². The van der Waals surface area contributed by atoms with Crippen LogP contribution in [0.5, 0.6) is 0 Å².